The van der Waals surface area contributed by atoms with Crippen LogP contribution in [0.5, 0.6) is 0 Å². The van der Waals surface area contributed by atoms with E-state index < -0.39 is 31.1 Å². The van der Waals surface area contributed by atoms with Crippen molar-refractivity contribution in [2.24, 2.45) is 5.11 Å². The summed E-state index contributed by atoms with van der Waals surface area (Å²) >= 11 is 0. The number of imidazole rings is 1. The fraction of sp³-hybridized carbons (Fsp3) is 0.294. The van der Waals surface area contributed by atoms with Gasteiger partial charge < -0.3 is 20.3 Å². The molecule has 3 aromatic rings. The fourth-order valence-electron chi connectivity index (χ4n) is 3.19. The minimum atomic E-state index is -1.20. The molecule has 3 N–H and O–H groups in total. The van der Waals surface area contributed by atoms with Gasteiger partial charge in [0.15, 0.2) is 17.0 Å². The van der Waals surface area contributed by atoms with E-state index in [1.807, 2.05) is 0 Å². The van der Waals surface area contributed by atoms with Crippen molar-refractivity contribution in [3.63, 3.8) is 0 Å². The number of ether oxygens (including phenoxy) is 1. The highest BCUT2D eigenvalue weighted by molar-refractivity contribution is 6.06. The lowest BCUT2D eigenvalue weighted by atomic mass is 10.1. The molecule has 1 saturated heterocycles. The van der Waals surface area contributed by atoms with Gasteiger partial charge in [-0.2, -0.15) is 0 Å². The summed E-state index contributed by atoms with van der Waals surface area (Å²) < 4.78 is 7.11. The predicted octanol–water partition coefficient (Wildman–Crippen LogP) is 1.01. The zero-order valence-corrected chi connectivity index (χ0v) is 14.9. The van der Waals surface area contributed by atoms with Crippen molar-refractivity contribution in [3.8, 4) is 0 Å². The molecule has 1 amide bonds. The highest BCUT2D eigenvalue weighted by Gasteiger charge is 2.44. The first-order valence-corrected chi connectivity index (χ1v) is 8.66. The molecule has 4 atom stereocenters. The molecule has 148 valence electrons. The molecule has 0 bridgehead atoms. The average Bonchev–Trinajstić information content (AvgIpc) is 3.31. The number of hydrogen-bond donors (Lipinski definition) is 3. The molecule has 4 rings (SSSR count). The van der Waals surface area contributed by atoms with Gasteiger partial charge in [0.25, 0.3) is 5.91 Å². The Balaban J connectivity index is 1.69. The summed E-state index contributed by atoms with van der Waals surface area (Å²) in [5, 5.41) is 25.9. The maximum absolute atomic E-state index is 12.4. The van der Waals surface area contributed by atoms with E-state index in [9.17, 15) is 15.0 Å². The molecule has 1 fully saturated rings. The number of carbonyl (C=O) groups excluding carboxylic acids is 1. The van der Waals surface area contributed by atoms with Crippen LogP contribution in [0.2, 0.25) is 0 Å². The van der Waals surface area contributed by atoms with Crippen molar-refractivity contribution < 1.29 is 19.7 Å². The number of nitrogens with one attached hydrogen (secondary N) is 1. The van der Waals surface area contributed by atoms with Gasteiger partial charge in [0.2, 0.25) is 0 Å². The van der Waals surface area contributed by atoms with Crippen LogP contribution >= 0.6 is 0 Å². The predicted molar refractivity (Wildman–Crippen MR) is 99.7 cm³/mol. The van der Waals surface area contributed by atoms with Gasteiger partial charge >= 0.3 is 0 Å². The van der Waals surface area contributed by atoms with E-state index in [0.29, 0.717) is 16.7 Å². The molecule has 2 aromatic heterocycles. The Morgan fingerprint density at radius 3 is 2.83 bits per heavy atom. The number of amides is 1. The van der Waals surface area contributed by atoms with Crippen molar-refractivity contribution in [2.45, 2.75) is 24.5 Å². The Hall–Kier alpha value is -3.57. The Morgan fingerprint density at radius 1 is 1.31 bits per heavy atom. The number of aromatic nitrogens is 4. The summed E-state index contributed by atoms with van der Waals surface area (Å²) in [6.45, 7) is -0.449. The van der Waals surface area contributed by atoms with Crippen LogP contribution in [0.3, 0.4) is 0 Å². The molecule has 0 spiro atoms. The van der Waals surface area contributed by atoms with E-state index in [1.54, 1.807) is 30.3 Å². The summed E-state index contributed by atoms with van der Waals surface area (Å²) in [4.78, 5) is 27.7. The number of fused-ring (bicyclic) bond motifs is 1. The number of azide groups is 1. The van der Waals surface area contributed by atoms with Gasteiger partial charge in [0.1, 0.15) is 24.7 Å². The van der Waals surface area contributed by atoms with Crippen molar-refractivity contribution >= 4 is 22.9 Å². The van der Waals surface area contributed by atoms with Gasteiger partial charge in [-0.1, -0.05) is 23.3 Å². The number of anilines is 1. The number of hydrogen-bond acceptors (Lipinski definition) is 8. The molecule has 0 aliphatic carbocycles. The highest BCUT2D eigenvalue weighted by atomic mass is 16.5. The standard InChI is InChI=1S/C17H16N8O4/c18-24-23-11-13(27)10(6-26)29-17(11)25-8-21-12-14(19-7-20-15(12)25)22-16(28)9-4-2-1-3-5-9/h1-5,7-8,10-11,13,17,26-27H,6H2,(H,19,20,22,28)/t10-,11-,13-,17-/m1/s1. The van der Waals surface area contributed by atoms with Crippen LogP contribution in [0.25, 0.3) is 21.6 Å². The van der Waals surface area contributed by atoms with E-state index in [4.69, 9.17) is 10.3 Å². The summed E-state index contributed by atoms with van der Waals surface area (Å²) in [6, 6.07) is 7.63. The summed E-state index contributed by atoms with van der Waals surface area (Å²) in [7, 11) is 0. The largest absolute Gasteiger partial charge is 0.394 e. The molecule has 0 unspecified atom stereocenters. The maximum atomic E-state index is 12.4. The molecule has 0 saturated carbocycles. The molecule has 1 aliphatic heterocycles. The van der Waals surface area contributed by atoms with E-state index >= 15 is 0 Å². The molecule has 0 radical (unpaired) electrons. The van der Waals surface area contributed by atoms with Crippen LogP contribution < -0.4 is 5.32 Å². The lowest BCUT2D eigenvalue weighted by Crippen LogP contribution is -2.31. The van der Waals surface area contributed by atoms with Crippen LogP contribution in [0.1, 0.15) is 16.6 Å². The van der Waals surface area contributed by atoms with Gasteiger partial charge in [-0.3, -0.25) is 9.36 Å². The highest BCUT2D eigenvalue weighted by Crippen LogP contribution is 2.34. The minimum absolute atomic E-state index is 0.195. The van der Waals surface area contributed by atoms with Crippen molar-refractivity contribution in [1.82, 2.24) is 19.5 Å². The fourth-order valence-corrected chi connectivity index (χ4v) is 3.19. The van der Waals surface area contributed by atoms with Crippen LogP contribution in [-0.2, 0) is 4.74 Å². The van der Waals surface area contributed by atoms with Crippen molar-refractivity contribution in [2.75, 3.05) is 11.9 Å². The first kappa shape index (κ1) is 18.8. The lowest BCUT2D eigenvalue weighted by Gasteiger charge is -2.17. The van der Waals surface area contributed by atoms with Crippen molar-refractivity contribution in [3.05, 3.63) is 59.0 Å². The van der Waals surface area contributed by atoms with Gasteiger partial charge in [-0.25, -0.2) is 15.0 Å². The van der Waals surface area contributed by atoms with E-state index in [2.05, 4.69) is 30.3 Å². The second-order valence-electron chi connectivity index (χ2n) is 6.30. The number of benzene rings is 1. The molecule has 1 aromatic carbocycles. The Morgan fingerprint density at radius 2 is 2.10 bits per heavy atom. The number of carbonyl (C=O) groups is 1. The third-order valence-corrected chi connectivity index (χ3v) is 4.60. The van der Waals surface area contributed by atoms with E-state index in [-0.39, 0.29) is 11.7 Å². The van der Waals surface area contributed by atoms with Crippen LogP contribution in [-0.4, -0.2) is 60.5 Å². The topological polar surface area (TPSA) is 171 Å². The van der Waals surface area contributed by atoms with Gasteiger partial charge in [-0.15, -0.1) is 0 Å². The number of aliphatic hydroxyl groups is 2. The molecule has 12 nitrogen and oxygen atoms in total. The third-order valence-electron chi connectivity index (χ3n) is 4.60. The Bertz CT molecular complexity index is 1080. The summed E-state index contributed by atoms with van der Waals surface area (Å²) in [6.07, 6.45) is -0.423. The first-order valence-electron chi connectivity index (χ1n) is 8.66. The molecular weight excluding hydrogens is 380 g/mol. The molecule has 12 heteroatoms. The Labute approximate surface area is 163 Å². The molecular formula is C17H16N8O4. The lowest BCUT2D eigenvalue weighted by molar-refractivity contribution is -0.0437. The first-order chi connectivity index (χ1) is 14.1. The van der Waals surface area contributed by atoms with Gasteiger partial charge in [0.05, 0.1) is 19.0 Å². The summed E-state index contributed by atoms with van der Waals surface area (Å²) in [5.74, 6) is -0.166. The van der Waals surface area contributed by atoms with Gasteiger partial charge in [0, 0.05) is 10.5 Å². The average molecular weight is 396 g/mol. The normalized spacial score (nSPS) is 23.7. The number of nitrogens with zero attached hydrogens (tertiary/aromatic N) is 7. The van der Waals surface area contributed by atoms with Gasteiger partial charge in [-0.05, 0) is 17.7 Å². The zero-order chi connectivity index (χ0) is 20.4. The number of rotatable bonds is 5. The number of aliphatic hydroxyl groups excluding tert-OH is 2. The monoisotopic (exact) mass is 396 g/mol. The van der Waals surface area contributed by atoms with E-state index in [1.165, 1.54) is 17.2 Å². The Kier molecular flexibility index (Phi) is 5.06. The SMILES string of the molecule is [N-]=[N+]=N[C@@H]1[C@H](O)[C@@H](CO)O[C@H]1n1cnc2c(NC(=O)c3ccccc3)ncnc21. The second-order valence-corrected chi connectivity index (χ2v) is 6.30. The molecule has 1 aliphatic rings. The molecule has 29 heavy (non-hydrogen) atoms. The second kappa shape index (κ2) is 7.81. The summed E-state index contributed by atoms with van der Waals surface area (Å²) in [5.41, 5.74) is 9.87. The van der Waals surface area contributed by atoms with Crippen LogP contribution in [0.4, 0.5) is 5.82 Å². The quantitative estimate of drug-likeness (QED) is 0.328. The van der Waals surface area contributed by atoms with Crippen LogP contribution in [0, 0.1) is 0 Å². The molecule has 3 heterocycles. The maximum Gasteiger partial charge on any atom is 0.256 e. The smallest absolute Gasteiger partial charge is 0.256 e. The minimum Gasteiger partial charge on any atom is -0.394 e. The van der Waals surface area contributed by atoms with Crippen LogP contribution in [0.15, 0.2) is 48.1 Å². The van der Waals surface area contributed by atoms with E-state index in [0.717, 1.165) is 0 Å². The van der Waals surface area contributed by atoms with Crippen molar-refractivity contribution in [1.29, 1.82) is 0 Å². The third kappa shape index (κ3) is 3.37. The zero-order valence-electron chi connectivity index (χ0n) is 14.9.